The first-order valence-corrected chi connectivity index (χ1v) is 6.73. The van der Waals surface area contributed by atoms with Gasteiger partial charge in [-0.3, -0.25) is 0 Å². The molecular weight excluding hydrogens is 246 g/mol. The summed E-state index contributed by atoms with van der Waals surface area (Å²) in [5.41, 5.74) is 2.33. The highest BCUT2D eigenvalue weighted by atomic mass is 32.1. The lowest BCUT2D eigenvalue weighted by Crippen LogP contribution is -2.07. The zero-order valence-corrected chi connectivity index (χ0v) is 11.4. The molecule has 0 amide bonds. The zero-order valence-electron chi connectivity index (χ0n) is 10.6. The van der Waals surface area contributed by atoms with Crippen LogP contribution in [-0.2, 0) is 13.2 Å². The number of benzene rings is 1. The lowest BCUT2D eigenvalue weighted by molar-refractivity contribution is 0.300. The molecule has 0 radical (unpaired) electrons. The van der Waals surface area contributed by atoms with Gasteiger partial charge < -0.3 is 14.8 Å². The third kappa shape index (κ3) is 3.24. The van der Waals surface area contributed by atoms with Gasteiger partial charge in [-0.15, -0.1) is 0 Å². The lowest BCUT2D eigenvalue weighted by Gasteiger charge is -2.12. The normalized spacial score (nSPS) is 10.3. The van der Waals surface area contributed by atoms with Gasteiger partial charge in [0.05, 0.1) is 7.11 Å². The maximum Gasteiger partial charge on any atom is 0.127 e. The summed E-state index contributed by atoms with van der Waals surface area (Å²) in [4.78, 5) is 0. The Kier molecular flexibility index (Phi) is 4.61. The van der Waals surface area contributed by atoms with Crippen LogP contribution in [0, 0.1) is 0 Å². The van der Waals surface area contributed by atoms with E-state index < -0.39 is 0 Å². The molecule has 0 fully saturated rings. The van der Waals surface area contributed by atoms with Crippen molar-refractivity contribution in [2.24, 2.45) is 0 Å². The maximum atomic E-state index is 5.86. The topological polar surface area (TPSA) is 30.5 Å². The highest BCUT2D eigenvalue weighted by Crippen LogP contribution is 2.25. The van der Waals surface area contributed by atoms with Crippen molar-refractivity contribution >= 4 is 11.3 Å². The molecule has 0 aliphatic heterocycles. The lowest BCUT2D eigenvalue weighted by atomic mass is 10.2. The fourth-order valence-electron chi connectivity index (χ4n) is 1.67. The largest absolute Gasteiger partial charge is 0.497 e. The van der Waals surface area contributed by atoms with E-state index in [1.807, 2.05) is 25.2 Å². The van der Waals surface area contributed by atoms with E-state index in [-0.39, 0.29) is 0 Å². The van der Waals surface area contributed by atoms with E-state index in [0.717, 1.165) is 23.6 Å². The average molecular weight is 263 g/mol. The molecule has 96 valence electrons. The molecule has 0 unspecified atom stereocenters. The Balaban J connectivity index is 2.12. The number of hydrogen-bond donors (Lipinski definition) is 1. The average Bonchev–Trinajstić information content (AvgIpc) is 2.91. The predicted molar refractivity (Wildman–Crippen MR) is 74.4 cm³/mol. The van der Waals surface area contributed by atoms with Gasteiger partial charge in [-0.05, 0) is 35.5 Å². The van der Waals surface area contributed by atoms with Gasteiger partial charge in [-0.25, -0.2) is 0 Å². The van der Waals surface area contributed by atoms with Crippen LogP contribution in [0.4, 0.5) is 0 Å². The third-order valence-electron chi connectivity index (χ3n) is 2.62. The highest BCUT2D eigenvalue weighted by Gasteiger charge is 2.06. The van der Waals surface area contributed by atoms with Crippen molar-refractivity contribution in [1.82, 2.24) is 5.32 Å². The molecule has 4 heteroatoms. The molecular formula is C14H17NO2S. The van der Waals surface area contributed by atoms with Crippen LogP contribution in [0.1, 0.15) is 11.1 Å². The van der Waals surface area contributed by atoms with Crippen molar-refractivity contribution in [2.45, 2.75) is 13.2 Å². The van der Waals surface area contributed by atoms with Crippen molar-refractivity contribution in [3.8, 4) is 11.5 Å². The summed E-state index contributed by atoms with van der Waals surface area (Å²) in [6.07, 6.45) is 0. The zero-order chi connectivity index (χ0) is 12.8. The standard InChI is InChI=1S/C14H17NO2S/c1-15-8-12-3-4-13(16-2)7-14(12)17-9-11-5-6-18-10-11/h3-7,10,15H,8-9H2,1-2H3. The molecule has 0 aliphatic rings. The van der Waals surface area contributed by atoms with Crippen molar-refractivity contribution in [1.29, 1.82) is 0 Å². The molecule has 2 aromatic rings. The molecule has 3 nitrogen and oxygen atoms in total. The summed E-state index contributed by atoms with van der Waals surface area (Å²) in [6.45, 7) is 1.37. The first-order chi connectivity index (χ1) is 8.83. The Bertz CT molecular complexity index is 483. The Morgan fingerprint density at radius 2 is 2.17 bits per heavy atom. The van der Waals surface area contributed by atoms with Gasteiger partial charge in [0.2, 0.25) is 0 Å². The summed E-state index contributed by atoms with van der Waals surface area (Å²) < 4.78 is 11.1. The number of hydrogen-bond acceptors (Lipinski definition) is 4. The molecule has 0 saturated heterocycles. The quantitative estimate of drug-likeness (QED) is 0.869. The van der Waals surface area contributed by atoms with Crippen LogP contribution in [0.25, 0.3) is 0 Å². The smallest absolute Gasteiger partial charge is 0.127 e. The van der Waals surface area contributed by atoms with Crippen LogP contribution in [0.3, 0.4) is 0 Å². The Labute approximate surface area is 111 Å². The molecule has 18 heavy (non-hydrogen) atoms. The van der Waals surface area contributed by atoms with Crippen LogP contribution in [0.5, 0.6) is 11.5 Å². The first-order valence-electron chi connectivity index (χ1n) is 5.79. The summed E-state index contributed by atoms with van der Waals surface area (Å²) >= 11 is 1.68. The van der Waals surface area contributed by atoms with E-state index in [9.17, 15) is 0 Å². The van der Waals surface area contributed by atoms with E-state index in [0.29, 0.717) is 6.61 Å². The molecule has 0 bridgehead atoms. The SMILES string of the molecule is CNCc1ccc(OC)cc1OCc1ccsc1. The number of nitrogens with one attached hydrogen (secondary N) is 1. The summed E-state index contributed by atoms with van der Waals surface area (Å²) in [7, 11) is 3.59. The maximum absolute atomic E-state index is 5.86. The number of rotatable bonds is 6. The molecule has 1 heterocycles. The molecule has 1 aromatic heterocycles. The number of ether oxygens (including phenoxy) is 2. The summed E-state index contributed by atoms with van der Waals surface area (Å²) in [5, 5.41) is 7.29. The van der Waals surface area contributed by atoms with Crippen molar-refractivity contribution in [2.75, 3.05) is 14.2 Å². The second-order valence-corrected chi connectivity index (χ2v) is 4.70. The summed E-state index contributed by atoms with van der Waals surface area (Å²) in [6, 6.07) is 7.98. The summed E-state index contributed by atoms with van der Waals surface area (Å²) in [5.74, 6) is 1.69. The molecule has 0 spiro atoms. The van der Waals surface area contributed by atoms with Gasteiger partial charge >= 0.3 is 0 Å². The van der Waals surface area contributed by atoms with Gasteiger partial charge in [0.25, 0.3) is 0 Å². The van der Waals surface area contributed by atoms with Crippen LogP contribution in [-0.4, -0.2) is 14.2 Å². The van der Waals surface area contributed by atoms with E-state index in [1.54, 1.807) is 18.4 Å². The Morgan fingerprint density at radius 1 is 1.28 bits per heavy atom. The number of thiophene rings is 1. The molecule has 0 atom stereocenters. The fraction of sp³-hybridized carbons (Fsp3) is 0.286. The minimum Gasteiger partial charge on any atom is -0.497 e. The Hall–Kier alpha value is -1.52. The van der Waals surface area contributed by atoms with E-state index in [4.69, 9.17) is 9.47 Å². The number of methoxy groups -OCH3 is 1. The highest BCUT2D eigenvalue weighted by molar-refractivity contribution is 7.07. The minimum atomic E-state index is 0.591. The van der Waals surface area contributed by atoms with Crippen LogP contribution < -0.4 is 14.8 Å². The van der Waals surface area contributed by atoms with Crippen molar-refractivity contribution in [3.05, 3.63) is 46.2 Å². The van der Waals surface area contributed by atoms with Gasteiger partial charge in [0.15, 0.2) is 0 Å². The molecule has 0 aliphatic carbocycles. The molecule has 0 saturated carbocycles. The predicted octanol–water partition coefficient (Wildman–Crippen LogP) is 3.06. The third-order valence-corrected chi connectivity index (χ3v) is 3.35. The van der Waals surface area contributed by atoms with Gasteiger partial charge in [-0.2, -0.15) is 11.3 Å². The van der Waals surface area contributed by atoms with Crippen LogP contribution in [0.15, 0.2) is 35.0 Å². The second-order valence-electron chi connectivity index (χ2n) is 3.92. The first kappa shape index (κ1) is 12.9. The van der Waals surface area contributed by atoms with E-state index in [1.165, 1.54) is 5.56 Å². The van der Waals surface area contributed by atoms with Crippen LogP contribution in [0.2, 0.25) is 0 Å². The van der Waals surface area contributed by atoms with Crippen molar-refractivity contribution in [3.63, 3.8) is 0 Å². The van der Waals surface area contributed by atoms with Gasteiger partial charge in [0.1, 0.15) is 18.1 Å². The second kappa shape index (κ2) is 6.42. The fourth-order valence-corrected chi connectivity index (χ4v) is 2.32. The monoisotopic (exact) mass is 263 g/mol. The molecule has 1 N–H and O–H groups in total. The van der Waals surface area contributed by atoms with Crippen LogP contribution >= 0.6 is 11.3 Å². The molecule has 1 aromatic carbocycles. The molecule has 2 rings (SSSR count). The van der Waals surface area contributed by atoms with Crippen molar-refractivity contribution < 1.29 is 9.47 Å². The van der Waals surface area contributed by atoms with Gasteiger partial charge in [-0.1, -0.05) is 6.07 Å². The van der Waals surface area contributed by atoms with E-state index in [2.05, 4.69) is 22.1 Å². The van der Waals surface area contributed by atoms with E-state index >= 15 is 0 Å². The minimum absolute atomic E-state index is 0.591. The Morgan fingerprint density at radius 3 is 2.83 bits per heavy atom. The van der Waals surface area contributed by atoms with Gasteiger partial charge in [0, 0.05) is 18.2 Å².